The lowest BCUT2D eigenvalue weighted by Crippen LogP contribution is -2.51. The van der Waals surface area contributed by atoms with Crippen molar-refractivity contribution in [2.45, 2.75) is 64.6 Å². The van der Waals surface area contributed by atoms with Crippen molar-refractivity contribution in [2.24, 2.45) is 5.92 Å². The molecule has 0 spiro atoms. The maximum Gasteiger partial charge on any atom is 0.407 e. The van der Waals surface area contributed by atoms with Gasteiger partial charge in [0.1, 0.15) is 17.7 Å². The Morgan fingerprint density at radius 3 is 1.70 bits per heavy atom. The van der Waals surface area contributed by atoms with E-state index in [4.69, 9.17) is 4.74 Å². The molecular weight excluding hydrogens is 582 g/mol. The highest BCUT2D eigenvalue weighted by Crippen LogP contribution is 2.34. The first-order valence-corrected chi connectivity index (χ1v) is 16.0. The first-order chi connectivity index (χ1) is 22.2. The van der Waals surface area contributed by atoms with Crippen LogP contribution < -0.4 is 5.32 Å². The number of rotatable bonds is 8. The minimum absolute atomic E-state index is 0.0159. The minimum Gasteiger partial charge on any atom is -0.453 e. The average Bonchev–Trinajstić information content (AvgIpc) is 3.89. The maximum atomic E-state index is 13.5. The van der Waals surface area contributed by atoms with Crippen LogP contribution in [0.15, 0.2) is 60.9 Å². The number of nitrogens with one attached hydrogen (secondary N) is 3. The average molecular weight is 624 g/mol. The van der Waals surface area contributed by atoms with Gasteiger partial charge in [0.25, 0.3) is 0 Å². The summed E-state index contributed by atoms with van der Waals surface area (Å²) >= 11 is 0. The second-order valence-corrected chi connectivity index (χ2v) is 12.4. The van der Waals surface area contributed by atoms with E-state index in [0.717, 1.165) is 77.5 Å². The number of carbonyl (C=O) groups is 3. The Morgan fingerprint density at radius 1 is 0.783 bits per heavy atom. The van der Waals surface area contributed by atoms with Gasteiger partial charge in [0, 0.05) is 20.0 Å². The Bertz CT molecular complexity index is 1690. The summed E-state index contributed by atoms with van der Waals surface area (Å²) in [5.74, 6) is 1.45. The quantitative estimate of drug-likeness (QED) is 0.225. The van der Waals surface area contributed by atoms with Gasteiger partial charge in [0.15, 0.2) is 0 Å². The Balaban J connectivity index is 1.12. The highest BCUT2D eigenvalue weighted by Gasteiger charge is 2.37. The van der Waals surface area contributed by atoms with Crippen molar-refractivity contribution >= 4 is 17.9 Å². The van der Waals surface area contributed by atoms with Crippen LogP contribution in [0, 0.1) is 5.92 Å². The van der Waals surface area contributed by atoms with Gasteiger partial charge in [0.2, 0.25) is 11.8 Å². The number of benzene rings is 2. The number of methoxy groups -OCH3 is 1. The maximum absolute atomic E-state index is 13.5. The Hall–Kier alpha value is -4.93. The van der Waals surface area contributed by atoms with E-state index in [1.54, 1.807) is 6.92 Å². The number of alkyl carbamates (subject to hydrolysis) is 1. The molecule has 0 aliphatic carbocycles. The first kappa shape index (κ1) is 31.1. The van der Waals surface area contributed by atoms with E-state index in [2.05, 4.69) is 73.8 Å². The molecule has 2 aromatic carbocycles. The van der Waals surface area contributed by atoms with Crippen LogP contribution in [0.5, 0.6) is 0 Å². The molecule has 2 saturated heterocycles. The zero-order valence-corrected chi connectivity index (χ0v) is 26.7. The van der Waals surface area contributed by atoms with E-state index in [1.807, 2.05) is 36.0 Å². The number of H-pyrrole nitrogens is 2. The van der Waals surface area contributed by atoms with Gasteiger partial charge in [-0.15, -0.1) is 0 Å². The number of imidazole rings is 2. The van der Waals surface area contributed by atoms with Crippen LogP contribution in [0.3, 0.4) is 0 Å². The largest absolute Gasteiger partial charge is 0.453 e. The molecule has 3 N–H and O–H groups in total. The fraction of sp³-hybridized carbons (Fsp3) is 0.400. The number of likely N-dealkylation sites (tertiary alicyclic amines) is 2. The van der Waals surface area contributed by atoms with Crippen LogP contribution in [0.25, 0.3) is 33.6 Å². The number of hydrogen-bond acceptors (Lipinski definition) is 6. The van der Waals surface area contributed by atoms with E-state index in [-0.39, 0.29) is 29.8 Å². The van der Waals surface area contributed by atoms with Crippen molar-refractivity contribution in [3.05, 3.63) is 72.6 Å². The molecule has 3 atom stereocenters. The summed E-state index contributed by atoms with van der Waals surface area (Å²) in [6.45, 7) is 6.82. The predicted molar refractivity (Wildman–Crippen MR) is 174 cm³/mol. The number of hydrogen-bond donors (Lipinski definition) is 3. The molecule has 2 aromatic heterocycles. The summed E-state index contributed by atoms with van der Waals surface area (Å²) in [6, 6.07) is 15.8. The lowest BCUT2D eigenvalue weighted by atomic mass is 10.0. The lowest BCUT2D eigenvalue weighted by Gasteiger charge is -2.30. The number of amides is 3. The van der Waals surface area contributed by atoms with Crippen LogP contribution in [0.1, 0.15) is 70.2 Å². The normalized spacial score (nSPS) is 18.6. The van der Waals surface area contributed by atoms with Crippen LogP contribution in [0.2, 0.25) is 0 Å². The second kappa shape index (κ2) is 13.2. The van der Waals surface area contributed by atoms with Crippen molar-refractivity contribution in [3.63, 3.8) is 0 Å². The van der Waals surface area contributed by atoms with Gasteiger partial charge in [-0.1, -0.05) is 62.4 Å². The Labute approximate surface area is 268 Å². The molecule has 46 heavy (non-hydrogen) atoms. The Kier molecular flexibility index (Phi) is 8.92. The highest BCUT2D eigenvalue weighted by atomic mass is 16.5. The molecular formula is C35H41N7O4. The molecule has 240 valence electrons. The Morgan fingerprint density at radius 2 is 1.24 bits per heavy atom. The molecule has 0 radical (unpaired) electrons. The van der Waals surface area contributed by atoms with Crippen molar-refractivity contribution in [2.75, 3.05) is 20.2 Å². The van der Waals surface area contributed by atoms with Crippen LogP contribution in [-0.2, 0) is 14.3 Å². The molecule has 2 fully saturated rings. The third kappa shape index (κ3) is 6.27. The fourth-order valence-electron chi connectivity index (χ4n) is 6.61. The smallest absolute Gasteiger partial charge is 0.407 e. The second-order valence-electron chi connectivity index (χ2n) is 12.4. The van der Waals surface area contributed by atoms with E-state index in [0.29, 0.717) is 6.54 Å². The zero-order chi connectivity index (χ0) is 32.4. The first-order valence-electron chi connectivity index (χ1n) is 16.0. The van der Waals surface area contributed by atoms with Gasteiger partial charge < -0.3 is 29.8 Å². The monoisotopic (exact) mass is 623 g/mol. The molecule has 2 aliphatic heterocycles. The summed E-state index contributed by atoms with van der Waals surface area (Å²) in [5, 5.41) is 2.69. The number of carbonyl (C=O) groups excluding carboxylic acids is 3. The van der Waals surface area contributed by atoms with Gasteiger partial charge >= 0.3 is 6.09 Å². The molecule has 0 saturated carbocycles. The lowest BCUT2D eigenvalue weighted by molar-refractivity contribution is -0.135. The highest BCUT2D eigenvalue weighted by molar-refractivity contribution is 5.86. The van der Waals surface area contributed by atoms with E-state index >= 15 is 0 Å². The standard InChI is InChI=1S/C35H41N7O4/c1-21(2)31(40-35(45)46-4)34(44)42-18-6-8-30(42)33-37-20-28(39-33)26-15-11-24(12-16-26)23-9-13-25(14-10-23)27-19-36-32(38-27)29-7-5-17-41(29)22(3)43/h9-16,19-21,29-31H,5-8,17-18H2,1-4H3,(H,36,38)(H,37,39)(H,40,45)/t29-,30-,31+/m0/s1. The number of aromatic nitrogens is 4. The molecule has 11 nitrogen and oxygen atoms in total. The van der Waals surface area contributed by atoms with Gasteiger partial charge in [-0.3, -0.25) is 9.59 Å². The third-order valence-corrected chi connectivity index (χ3v) is 9.13. The predicted octanol–water partition coefficient (Wildman–Crippen LogP) is 5.86. The molecule has 0 unspecified atom stereocenters. The van der Waals surface area contributed by atoms with Gasteiger partial charge in [-0.05, 0) is 53.9 Å². The summed E-state index contributed by atoms with van der Waals surface area (Å²) in [5.41, 5.74) is 6.04. The van der Waals surface area contributed by atoms with Gasteiger partial charge in [0.05, 0.1) is 43.0 Å². The summed E-state index contributed by atoms with van der Waals surface area (Å²) in [4.78, 5) is 57.2. The van der Waals surface area contributed by atoms with Crippen molar-refractivity contribution in [1.82, 2.24) is 35.1 Å². The minimum atomic E-state index is -0.670. The topological polar surface area (TPSA) is 136 Å². The van der Waals surface area contributed by atoms with Crippen molar-refractivity contribution in [1.29, 1.82) is 0 Å². The zero-order valence-electron chi connectivity index (χ0n) is 26.7. The molecule has 2 aliphatic rings. The number of nitrogens with zero attached hydrogens (tertiary/aromatic N) is 4. The van der Waals surface area contributed by atoms with E-state index < -0.39 is 12.1 Å². The van der Waals surface area contributed by atoms with Gasteiger partial charge in [-0.2, -0.15) is 0 Å². The molecule has 0 bridgehead atoms. The molecule has 11 heteroatoms. The summed E-state index contributed by atoms with van der Waals surface area (Å²) < 4.78 is 4.74. The molecule has 3 amide bonds. The van der Waals surface area contributed by atoms with Crippen LogP contribution in [-0.4, -0.2) is 73.9 Å². The third-order valence-electron chi connectivity index (χ3n) is 9.13. The number of aromatic amines is 2. The summed E-state index contributed by atoms with van der Waals surface area (Å²) in [6.07, 6.45) is 6.62. The molecule has 4 aromatic rings. The molecule has 4 heterocycles. The van der Waals surface area contributed by atoms with Crippen LogP contribution >= 0.6 is 0 Å². The van der Waals surface area contributed by atoms with Gasteiger partial charge in [-0.25, -0.2) is 14.8 Å². The SMILES string of the molecule is COC(=O)N[C@@H](C(=O)N1CCC[C@H]1c1ncc(-c2ccc(-c3ccc(-c4cnc([C@@H]5CCCN5C(C)=O)[nH]4)cc3)cc2)[nH]1)C(C)C. The number of ether oxygens (including phenoxy) is 1. The molecule has 6 rings (SSSR count). The van der Waals surface area contributed by atoms with Crippen molar-refractivity contribution in [3.8, 4) is 33.6 Å². The van der Waals surface area contributed by atoms with Crippen molar-refractivity contribution < 1.29 is 19.1 Å². The van der Waals surface area contributed by atoms with Crippen LogP contribution in [0.4, 0.5) is 4.79 Å². The van der Waals surface area contributed by atoms with E-state index in [1.165, 1.54) is 7.11 Å². The fourth-order valence-corrected chi connectivity index (χ4v) is 6.61. The van der Waals surface area contributed by atoms with E-state index in [9.17, 15) is 14.4 Å². The summed E-state index contributed by atoms with van der Waals surface area (Å²) in [7, 11) is 1.29.